The van der Waals surface area contributed by atoms with Gasteiger partial charge in [0.25, 0.3) is 0 Å². The van der Waals surface area contributed by atoms with E-state index in [2.05, 4.69) is 22.5 Å². The van der Waals surface area contributed by atoms with Gasteiger partial charge in [0.2, 0.25) is 5.91 Å². The van der Waals surface area contributed by atoms with Crippen molar-refractivity contribution in [2.75, 3.05) is 20.2 Å². The predicted octanol–water partition coefficient (Wildman–Crippen LogP) is 0.538. The van der Waals surface area contributed by atoms with E-state index in [0.29, 0.717) is 0 Å². The van der Waals surface area contributed by atoms with Gasteiger partial charge >= 0.3 is 12.2 Å². The molecule has 0 fully saturated rings. The van der Waals surface area contributed by atoms with Gasteiger partial charge in [-0.3, -0.25) is 4.79 Å². The molecule has 3 amide bonds. The molecule has 0 saturated heterocycles. The highest BCUT2D eigenvalue weighted by Crippen LogP contribution is 2.06. The quantitative estimate of drug-likeness (QED) is 0.621. The molecular formula is C13H23N3O5. The highest BCUT2D eigenvalue weighted by Gasteiger charge is 2.24. The molecule has 0 aromatic heterocycles. The molecule has 0 saturated carbocycles. The number of rotatable bonds is 6. The van der Waals surface area contributed by atoms with Crippen molar-refractivity contribution in [3.63, 3.8) is 0 Å². The first-order valence-electron chi connectivity index (χ1n) is 6.42. The van der Waals surface area contributed by atoms with Gasteiger partial charge in [-0.25, -0.2) is 9.59 Å². The fourth-order valence-electron chi connectivity index (χ4n) is 1.20. The van der Waals surface area contributed by atoms with Crippen LogP contribution in [0.5, 0.6) is 0 Å². The lowest BCUT2D eigenvalue weighted by Gasteiger charge is -2.23. The summed E-state index contributed by atoms with van der Waals surface area (Å²) in [6.45, 7) is 8.42. The molecule has 1 atom stereocenters. The summed E-state index contributed by atoms with van der Waals surface area (Å²) < 4.78 is 9.74. The molecule has 0 rings (SSSR count). The van der Waals surface area contributed by atoms with Crippen molar-refractivity contribution in [1.29, 1.82) is 0 Å². The van der Waals surface area contributed by atoms with Crippen molar-refractivity contribution >= 4 is 18.1 Å². The number of alkyl carbamates (subject to hydrolysis) is 2. The van der Waals surface area contributed by atoms with Crippen LogP contribution in [0.15, 0.2) is 12.7 Å². The highest BCUT2D eigenvalue weighted by atomic mass is 16.6. The van der Waals surface area contributed by atoms with Gasteiger partial charge in [-0.1, -0.05) is 12.7 Å². The zero-order valence-corrected chi connectivity index (χ0v) is 12.8. The molecule has 0 heterocycles. The van der Waals surface area contributed by atoms with Gasteiger partial charge in [-0.05, 0) is 20.8 Å². The Balaban J connectivity index is 4.46. The highest BCUT2D eigenvalue weighted by molar-refractivity contribution is 5.86. The monoisotopic (exact) mass is 301 g/mol. The Labute approximate surface area is 124 Å². The lowest BCUT2D eigenvalue weighted by molar-refractivity contribution is -0.122. The SMILES string of the molecule is C=CCOC(=O)NC[C@@H](NC(=O)OC(C)(C)C)C(=O)NC. The van der Waals surface area contributed by atoms with E-state index in [4.69, 9.17) is 9.47 Å². The predicted molar refractivity (Wildman–Crippen MR) is 76.8 cm³/mol. The summed E-state index contributed by atoms with van der Waals surface area (Å²) in [6, 6.07) is -0.971. The maximum Gasteiger partial charge on any atom is 0.408 e. The van der Waals surface area contributed by atoms with Crippen LogP contribution in [0.2, 0.25) is 0 Å². The van der Waals surface area contributed by atoms with Gasteiger partial charge in [0.05, 0.1) is 6.54 Å². The lowest BCUT2D eigenvalue weighted by Crippen LogP contribution is -2.52. The van der Waals surface area contributed by atoms with Gasteiger partial charge in [0.1, 0.15) is 18.2 Å². The average molecular weight is 301 g/mol. The Bertz CT molecular complexity index is 390. The molecule has 8 heteroatoms. The van der Waals surface area contributed by atoms with Gasteiger partial charge in [-0.2, -0.15) is 0 Å². The third-order valence-corrected chi connectivity index (χ3v) is 2.04. The van der Waals surface area contributed by atoms with Crippen LogP contribution in [-0.4, -0.2) is 49.9 Å². The van der Waals surface area contributed by atoms with E-state index in [1.165, 1.54) is 13.1 Å². The molecule has 0 bridgehead atoms. The Morgan fingerprint density at radius 2 is 1.86 bits per heavy atom. The second-order valence-electron chi connectivity index (χ2n) is 5.08. The summed E-state index contributed by atoms with van der Waals surface area (Å²) in [6.07, 6.45) is -0.0541. The molecule has 0 radical (unpaired) electrons. The zero-order valence-electron chi connectivity index (χ0n) is 12.8. The fraction of sp³-hybridized carbons (Fsp3) is 0.615. The van der Waals surface area contributed by atoms with E-state index < -0.39 is 29.7 Å². The van der Waals surface area contributed by atoms with E-state index in [1.54, 1.807) is 20.8 Å². The van der Waals surface area contributed by atoms with Crippen molar-refractivity contribution in [2.24, 2.45) is 0 Å². The minimum absolute atomic E-state index is 0.0516. The first-order valence-corrected chi connectivity index (χ1v) is 6.42. The Morgan fingerprint density at radius 1 is 1.24 bits per heavy atom. The van der Waals surface area contributed by atoms with Crippen molar-refractivity contribution in [3.8, 4) is 0 Å². The first kappa shape index (κ1) is 18.8. The molecule has 0 aliphatic rings. The molecule has 8 nitrogen and oxygen atoms in total. The molecule has 3 N–H and O–H groups in total. The first-order chi connectivity index (χ1) is 9.69. The molecule has 0 unspecified atom stereocenters. The summed E-state index contributed by atoms with van der Waals surface area (Å²) in [5.74, 6) is -0.468. The standard InChI is InChI=1S/C13H23N3O5/c1-6-7-20-11(18)15-8-9(10(17)14-5)16-12(19)21-13(2,3)4/h6,9H,1,7-8H2,2-5H3,(H,14,17)(H,15,18)(H,16,19)/t9-/m1/s1. The third-order valence-electron chi connectivity index (χ3n) is 2.04. The van der Waals surface area contributed by atoms with E-state index in [1.807, 2.05) is 0 Å². The normalized spacial score (nSPS) is 11.8. The maximum atomic E-state index is 11.6. The number of likely N-dealkylation sites (N-methyl/N-ethyl adjacent to an activating group) is 1. The van der Waals surface area contributed by atoms with Gasteiger partial charge in [0, 0.05) is 7.05 Å². The molecule has 0 aromatic rings. The summed E-state index contributed by atoms with van der Waals surface area (Å²) in [4.78, 5) is 34.6. The van der Waals surface area contributed by atoms with Gasteiger partial charge in [-0.15, -0.1) is 0 Å². The van der Waals surface area contributed by atoms with Crippen molar-refractivity contribution < 1.29 is 23.9 Å². The summed E-state index contributed by atoms with van der Waals surface area (Å²) >= 11 is 0. The topological polar surface area (TPSA) is 106 Å². The smallest absolute Gasteiger partial charge is 0.408 e. The van der Waals surface area contributed by atoms with E-state index >= 15 is 0 Å². The number of ether oxygens (including phenoxy) is 2. The Morgan fingerprint density at radius 3 is 2.33 bits per heavy atom. The average Bonchev–Trinajstić information content (AvgIpc) is 2.37. The summed E-state index contributed by atoms with van der Waals surface area (Å²) in [5, 5.41) is 7.12. The largest absolute Gasteiger partial charge is 0.445 e. The minimum atomic E-state index is -0.971. The van der Waals surface area contributed by atoms with E-state index in [-0.39, 0.29) is 13.2 Å². The molecule has 0 aromatic carbocycles. The zero-order chi connectivity index (χ0) is 16.5. The van der Waals surface area contributed by atoms with Gasteiger partial charge in [0.15, 0.2) is 0 Å². The van der Waals surface area contributed by atoms with Crippen LogP contribution in [0.4, 0.5) is 9.59 Å². The van der Waals surface area contributed by atoms with Crippen LogP contribution in [0.25, 0.3) is 0 Å². The van der Waals surface area contributed by atoms with Crippen LogP contribution in [0, 0.1) is 0 Å². The molecule has 0 aliphatic heterocycles. The molecular weight excluding hydrogens is 278 g/mol. The number of hydrogen-bond donors (Lipinski definition) is 3. The van der Waals surface area contributed by atoms with Crippen LogP contribution in [0.3, 0.4) is 0 Å². The summed E-state index contributed by atoms with van der Waals surface area (Å²) in [5.41, 5.74) is -0.687. The minimum Gasteiger partial charge on any atom is -0.445 e. The van der Waals surface area contributed by atoms with Crippen molar-refractivity contribution in [1.82, 2.24) is 16.0 Å². The van der Waals surface area contributed by atoms with Crippen LogP contribution in [0.1, 0.15) is 20.8 Å². The van der Waals surface area contributed by atoms with E-state index in [9.17, 15) is 14.4 Å². The van der Waals surface area contributed by atoms with Crippen LogP contribution >= 0.6 is 0 Å². The lowest BCUT2D eigenvalue weighted by atomic mass is 10.2. The van der Waals surface area contributed by atoms with Crippen molar-refractivity contribution in [3.05, 3.63) is 12.7 Å². The number of carbonyl (C=O) groups is 3. The second kappa shape index (κ2) is 8.83. The fourth-order valence-corrected chi connectivity index (χ4v) is 1.20. The van der Waals surface area contributed by atoms with Crippen molar-refractivity contribution in [2.45, 2.75) is 32.4 Å². The maximum absolute atomic E-state index is 11.6. The number of amides is 3. The Kier molecular flexibility index (Phi) is 7.88. The third kappa shape index (κ3) is 9.31. The van der Waals surface area contributed by atoms with E-state index in [0.717, 1.165) is 0 Å². The molecule has 0 aliphatic carbocycles. The van der Waals surface area contributed by atoms with Crippen LogP contribution in [-0.2, 0) is 14.3 Å². The van der Waals surface area contributed by atoms with Crippen LogP contribution < -0.4 is 16.0 Å². The second-order valence-corrected chi connectivity index (χ2v) is 5.08. The Hall–Kier alpha value is -2.25. The van der Waals surface area contributed by atoms with Gasteiger partial charge < -0.3 is 25.4 Å². The molecule has 21 heavy (non-hydrogen) atoms. The number of hydrogen-bond acceptors (Lipinski definition) is 5. The molecule has 0 spiro atoms. The summed E-state index contributed by atoms with van der Waals surface area (Å²) in [7, 11) is 1.42. The number of carbonyl (C=O) groups excluding carboxylic acids is 3. The number of nitrogens with one attached hydrogen (secondary N) is 3. The molecule has 120 valence electrons.